The summed E-state index contributed by atoms with van der Waals surface area (Å²) >= 11 is 0. The molecule has 0 bridgehead atoms. The minimum absolute atomic E-state index is 0.178. The van der Waals surface area contributed by atoms with Crippen LogP contribution in [0.25, 0.3) is 0 Å². The Balaban J connectivity index is 1.49. The molecule has 2 aliphatic heterocycles. The van der Waals surface area contributed by atoms with Crippen LogP contribution in [0.15, 0.2) is 18.2 Å². The largest absolute Gasteiger partial charge is 0.341 e. The zero-order chi connectivity index (χ0) is 17.8. The van der Waals surface area contributed by atoms with Gasteiger partial charge in [0.25, 0.3) is 0 Å². The zero-order valence-corrected chi connectivity index (χ0v) is 14.9. The van der Waals surface area contributed by atoms with Crippen LogP contribution in [0.3, 0.4) is 0 Å². The molecule has 6 heteroatoms. The second-order valence-corrected chi connectivity index (χ2v) is 7.41. The highest BCUT2D eigenvalue weighted by Crippen LogP contribution is 2.22. The smallest absolute Gasteiger partial charge is 0.236 e. The van der Waals surface area contributed by atoms with E-state index in [1.54, 1.807) is 0 Å². The second kappa shape index (κ2) is 8.23. The maximum atomic E-state index is 13.3. The van der Waals surface area contributed by atoms with Crippen LogP contribution in [0.1, 0.15) is 18.4 Å². The number of nitrogens with zero attached hydrogens (tertiary/aromatic N) is 3. The van der Waals surface area contributed by atoms with Crippen LogP contribution in [0.5, 0.6) is 0 Å². The van der Waals surface area contributed by atoms with Crippen molar-refractivity contribution < 1.29 is 13.6 Å². The topological polar surface area (TPSA) is 26.8 Å². The summed E-state index contributed by atoms with van der Waals surface area (Å²) in [5.74, 6) is -0.614. The summed E-state index contributed by atoms with van der Waals surface area (Å²) in [6.07, 6.45) is 2.61. The summed E-state index contributed by atoms with van der Waals surface area (Å²) < 4.78 is 26.6. The first-order valence-corrected chi connectivity index (χ1v) is 9.13. The Labute approximate surface area is 148 Å². The van der Waals surface area contributed by atoms with Crippen LogP contribution in [-0.2, 0) is 11.2 Å². The molecule has 1 aromatic rings. The normalized spacial score (nSPS) is 23.0. The van der Waals surface area contributed by atoms with Gasteiger partial charge in [-0.15, -0.1) is 0 Å². The summed E-state index contributed by atoms with van der Waals surface area (Å²) in [5.41, 5.74) is 0.673. The van der Waals surface area contributed by atoms with E-state index in [-0.39, 0.29) is 11.8 Å². The molecule has 0 aliphatic carbocycles. The van der Waals surface area contributed by atoms with Crippen LogP contribution in [0.2, 0.25) is 0 Å². The van der Waals surface area contributed by atoms with Crippen LogP contribution in [0, 0.1) is 17.6 Å². The fourth-order valence-corrected chi connectivity index (χ4v) is 3.84. The second-order valence-electron chi connectivity index (χ2n) is 7.41. The fraction of sp³-hybridized carbons (Fsp3) is 0.632. The molecule has 0 saturated carbocycles. The highest BCUT2D eigenvalue weighted by Gasteiger charge is 2.27. The van der Waals surface area contributed by atoms with Gasteiger partial charge >= 0.3 is 0 Å². The number of hydrogen-bond donors (Lipinski definition) is 0. The van der Waals surface area contributed by atoms with Crippen molar-refractivity contribution in [3.63, 3.8) is 0 Å². The fourth-order valence-electron chi connectivity index (χ4n) is 3.84. The third kappa shape index (κ3) is 5.22. The zero-order valence-electron chi connectivity index (χ0n) is 14.9. The van der Waals surface area contributed by atoms with E-state index in [0.717, 1.165) is 51.6 Å². The quantitative estimate of drug-likeness (QED) is 0.830. The predicted octanol–water partition coefficient (Wildman–Crippen LogP) is 1.99. The van der Waals surface area contributed by atoms with Crippen LogP contribution in [0.4, 0.5) is 8.78 Å². The molecule has 1 atom stereocenters. The van der Waals surface area contributed by atoms with Gasteiger partial charge in [-0.25, -0.2) is 8.78 Å². The van der Waals surface area contributed by atoms with Gasteiger partial charge in [-0.05, 0) is 63.0 Å². The number of likely N-dealkylation sites (tertiary alicyclic amines) is 1. The maximum absolute atomic E-state index is 13.3. The minimum atomic E-state index is -0.535. The molecular weight excluding hydrogens is 324 g/mol. The van der Waals surface area contributed by atoms with Gasteiger partial charge in [0.15, 0.2) is 0 Å². The first-order valence-electron chi connectivity index (χ1n) is 9.13. The monoisotopic (exact) mass is 351 g/mol. The molecule has 2 fully saturated rings. The lowest BCUT2D eigenvalue weighted by Gasteiger charge is -2.23. The first-order chi connectivity index (χ1) is 12.0. The van der Waals surface area contributed by atoms with Crippen molar-refractivity contribution in [2.75, 3.05) is 52.9 Å². The lowest BCUT2D eigenvalue weighted by Crippen LogP contribution is -2.40. The molecule has 2 saturated heterocycles. The van der Waals surface area contributed by atoms with E-state index in [1.165, 1.54) is 12.1 Å². The van der Waals surface area contributed by atoms with Crippen LogP contribution in [-0.4, -0.2) is 73.5 Å². The Morgan fingerprint density at radius 1 is 1.08 bits per heavy atom. The maximum Gasteiger partial charge on any atom is 0.236 e. The Bertz CT molecular complexity index is 590. The number of rotatable bonds is 4. The van der Waals surface area contributed by atoms with Crippen molar-refractivity contribution in [1.82, 2.24) is 14.7 Å². The lowest BCUT2D eigenvalue weighted by molar-refractivity contribution is -0.131. The van der Waals surface area contributed by atoms with Gasteiger partial charge in [0.2, 0.25) is 5.91 Å². The number of carbonyl (C=O) groups excluding carboxylic acids is 1. The van der Waals surface area contributed by atoms with E-state index in [2.05, 4.69) is 16.8 Å². The molecule has 0 radical (unpaired) electrons. The van der Waals surface area contributed by atoms with Gasteiger partial charge in [0, 0.05) is 32.2 Å². The summed E-state index contributed by atoms with van der Waals surface area (Å²) in [4.78, 5) is 19.0. The first kappa shape index (κ1) is 18.3. The van der Waals surface area contributed by atoms with E-state index in [4.69, 9.17) is 0 Å². The van der Waals surface area contributed by atoms with E-state index in [9.17, 15) is 13.6 Å². The third-order valence-corrected chi connectivity index (χ3v) is 5.26. The molecule has 0 N–H and O–H groups in total. The number of amides is 1. The summed E-state index contributed by atoms with van der Waals surface area (Å²) in [7, 11) is 2.12. The van der Waals surface area contributed by atoms with Crippen LogP contribution < -0.4 is 0 Å². The predicted molar refractivity (Wildman–Crippen MR) is 93.3 cm³/mol. The Hall–Kier alpha value is -1.53. The van der Waals surface area contributed by atoms with Gasteiger partial charge in [-0.1, -0.05) is 0 Å². The van der Waals surface area contributed by atoms with Crippen LogP contribution >= 0.6 is 0 Å². The molecule has 1 aromatic carbocycles. The number of likely N-dealkylation sites (N-methyl/N-ethyl adjacent to an activating group) is 1. The number of halogens is 2. The van der Waals surface area contributed by atoms with E-state index >= 15 is 0 Å². The molecule has 1 amide bonds. The Morgan fingerprint density at radius 2 is 1.84 bits per heavy atom. The highest BCUT2D eigenvalue weighted by atomic mass is 19.1. The number of carbonyl (C=O) groups is 1. The van der Waals surface area contributed by atoms with E-state index < -0.39 is 11.6 Å². The summed E-state index contributed by atoms with van der Waals surface area (Å²) in [6.45, 7) is 5.90. The molecule has 2 heterocycles. The molecule has 1 unspecified atom stereocenters. The molecule has 25 heavy (non-hydrogen) atoms. The third-order valence-electron chi connectivity index (χ3n) is 5.26. The summed E-state index contributed by atoms with van der Waals surface area (Å²) in [6, 6.07) is 3.68. The standard InChI is InChI=1S/C19H27F2N3O/c1-22-4-2-5-23(8-7-22)14-19(25)24-6-3-15(13-24)9-16-10-17(20)12-18(21)11-16/h10-12,15H,2-9,13-14H2,1H3. The van der Waals surface area contributed by atoms with Crippen molar-refractivity contribution in [1.29, 1.82) is 0 Å². The Kier molecular flexibility index (Phi) is 6.02. The SMILES string of the molecule is CN1CCCN(CC(=O)N2CCC(Cc3cc(F)cc(F)c3)C2)CC1. The van der Waals surface area contributed by atoms with Gasteiger partial charge in [0.05, 0.1) is 6.54 Å². The minimum Gasteiger partial charge on any atom is -0.341 e. The molecule has 138 valence electrons. The molecule has 3 rings (SSSR count). The summed E-state index contributed by atoms with van der Waals surface area (Å²) in [5, 5.41) is 0. The van der Waals surface area contributed by atoms with Crippen molar-refractivity contribution in [3.05, 3.63) is 35.4 Å². The van der Waals surface area contributed by atoms with Crippen molar-refractivity contribution in [2.24, 2.45) is 5.92 Å². The number of hydrogen-bond acceptors (Lipinski definition) is 3. The van der Waals surface area contributed by atoms with Gasteiger partial charge in [-0.3, -0.25) is 9.69 Å². The average molecular weight is 351 g/mol. The van der Waals surface area contributed by atoms with Gasteiger partial charge < -0.3 is 9.80 Å². The van der Waals surface area contributed by atoms with Crippen molar-refractivity contribution in [2.45, 2.75) is 19.3 Å². The molecule has 0 aromatic heterocycles. The Morgan fingerprint density at radius 3 is 2.60 bits per heavy atom. The van der Waals surface area contributed by atoms with E-state index in [1.807, 2.05) is 4.90 Å². The number of benzene rings is 1. The van der Waals surface area contributed by atoms with Crippen molar-refractivity contribution >= 4 is 5.91 Å². The molecule has 0 spiro atoms. The average Bonchev–Trinajstić information content (AvgIpc) is 2.90. The van der Waals surface area contributed by atoms with Gasteiger partial charge in [0.1, 0.15) is 11.6 Å². The molecule has 2 aliphatic rings. The van der Waals surface area contributed by atoms with E-state index in [0.29, 0.717) is 25.1 Å². The molecule has 4 nitrogen and oxygen atoms in total. The highest BCUT2D eigenvalue weighted by molar-refractivity contribution is 5.78. The van der Waals surface area contributed by atoms with Gasteiger partial charge in [-0.2, -0.15) is 0 Å². The van der Waals surface area contributed by atoms with Crippen molar-refractivity contribution in [3.8, 4) is 0 Å². The molecular formula is C19H27F2N3O. The lowest BCUT2D eigenvalue weighted by atomic mass is 9.98.